The second kappa shape index (κ2) is 14.9. The fourth-order valence-electron chi connectivity index (χ4n) is 5.09. The number of aromatic nitrogens is 1. The van der Waals surface area contributed by atoms with E-state index in [0.717, 1.165) is 17.7 Å². The molecule has 0 fully saturated rings. The number of aliphatic carboxylic acids is 1. The second-order valence-electron chi connectivity index (χ2n) is 10.8. The number of alkyl halides is 7. The van der Waals surface area contributed by atoms with Crippen LogP contribution in [0.15, 0.2) is 65.6 Å². The standard InChI is InChI=1S/C31H27F6N3O3S2.CH3F/c1-30(34)22-11-18(10-20(12-22)27(32)33)15-40(14-17-2-4-19(5-3-17)28(43)38-9-8-26(41)42)29-39-24(16-44-29)23-7-6-21(31(35,36)37)13-25(23)45-30;1-2/h2-7,10-12,16,25,27H,8-9,13-15H2,1H3,(H,38,43)(H,41,42);1H3/t25-,30?;/m0./s1. The molecule has 1 aliphatic carbocycles. The summed E-state index contributed by atoms with van der Waals surface area (Å²) in [6.07, 6.45) is -5.97. The molecular formula is C32H30F7N3O3S2. The molecule has 5 rings (SSSR count). The Kier molecular flexibility index (Phi) is 11.4. The van der Waals surface area contributed by atoms with Crippen LogP contribution in [0, 0.1) is 0 Å². The number of thiazole rings is 1. The zero-order chi connectivity index (χ0) is 34.5. The lowest BCUT2D eigenvalue weighted by atomic mass is 9.95. The van der Waals surface area contributed by atoms with E-state index in [2.05, 4.69) is 5.32 Å². The number of carbonyl (C=O) groups excluding carboxylic acids is 1. The molecule has 252 valence electrons. The SMILES string of the molecule is CC1(F)S[C@H]2CC(C(F)(F)F)=CC=C2c2csc(n2)N(Cc2ccc(C(=O)NCCC(=O)O)cc2)Cc2cc(C(F)F)cc1c2.CF. The fraction of sp³-hybridized carbons (Fsp3) is 0.344. The third-order valence-corrected chi connectivity index (χ3v) is 9.66. The minimum Gasteiger partial charge on any atom is -0.481 e. The van der Waals surface area contributed by atoms with Gasteiger partial charge in [-0.2, -0.15) is 13.2 Å². The molecule has 1 unspecified atom stereocenters. The summed E-state index contributed by atoms with van der Waals surface area (Å²) < 4.78 is 94.9. The maximum absolute atomic E-state index is 16.4. The van der Waals surface area contributed by atoms with Crippen LogP contribution in [0.3, 0.4) is 0 Å². The number of carboxylic acids is 1. The number of rotatable bonds is 7. The van der Waals surface area contributed by atoms with E-state index in [0.29, 0.717) is 46.5 Å². The quantitative estimate of drug-likeness (QED) is 0.240. The van der Waals surface area contributed by atoms with Gasteiger partial charge in [0, 0.05) is 47.0 Å². The lowest BCUT2D eigenvalue weighted by molar-refractivity contribution is -0.136. The topological polar surface area (TPSA) is 82.5 Å². The fourth-order valence-corrected chi connectivity index (χ4v) is 7.30. The third-order valence-electron chi connectivity index (χ3n) is 7.37. The Labute approximate surface area is 274 Å². The Bertz CT molecular complexity index is 1650. The number of carbonyl (C=O) groups is 2. The van der Waals surface area contributed by atoms with Crippen molar-refractivity contribution in [3.8, 4) is 0 Å². The van der Waals surface area contributed by atoms with Gasteiger partial charge in [-0.1, -0.05) is 24.3 Å². The van der Waals surface area contributed by atoms with E-state index in [1.807, 2.05) is 0 Å². The molecule has 1 aliphatic heterocycles. The highest BCUT2D eigenvalue weighted by Gasteiger charge is 2.41. The van der Waals surface area contributed by atoms with Crippen molar-refractivity contribution in [3.63, 3.8) is 0 Å². The van der Waals surface area contributed by atoms with Gasteiger partial charge in [0.05, 0.1) is 19.3 Å². The van der Waals surface area contributed by atoms with Crippen LogP contribution in [0.4, 0.5) is 35.9 Å². The Hall–Kier alpha value is -3.85. The van der Waals surface area contributed by atoms with Crippen LogP contribution in [0.1, 0.15) is 64.5 Å². The summed E-state index contributed by atoms with van der Waals surface area (Å²) in [4.78, 5) is 29.6. The van der Waals surface area contributed by atoms with E-state index < -0.39 is 52.3 Å². The number of allylic oxidation sites excluding steroid dienone is 3. The summed E-state index contributed by atoms with van der Waals surface area (Å²) in [5, 5.41) is 10.2. The number of hydrogen-bond acceptors (Lipinski definition) is 6. The summed E-state index contributed by atoms with van der Waals surface area (Å²) >= 11 is 1.87. The number of carboxylic acid groups (broad SMARTS) is 1. The molecule has 15 heteroatoms. The zero-order valence-corrected chi connectivity index (χ0v) is 26.7. The van der Waals surface area contributed by atoms with Gasteiger partial charge in [0.2, 0.25) is 0 Å². The van der Waals surface area contributed by atoms with Crippen LogP contribution in [0.2, 0.25) is 0 Å². The third kappa shape index (κ3) is 8.95. The normalized spacial score (nSPS) is 19.3. The van der Waals surface area contributed by atoms with Crippen molar-refractivity contribution in [2.45, 2.75) is 55.7 Å². The predicted molar refractivity (Wildman–Crippen MR) is 168 cm³/mol. The van der Waals surface area contributed by atoms with E-state index in [9.17, 15) is 35.9 Å². The van der Waals surface area contributed by atoms with Gasteiger partial charge in [0.25, 0.3) is 12.3 Å². The molecule has 0 spiro atoms. The van der Waals surface area contributed by atoms with Gasteiger partial charge in [0.1, 0.15) is 0 Å². The second-order valence-corrected chi connectivity index (χ2v) is 13.2. The van der Waals surface area contributed by atoms with E-state index in [4.69, 9.17) is 10.1 Å². The molecule has 3 aromatic rings. The van der Waals surface area contributed by atoms with Crippen molar-refractivity contribution < 1.29 is 45.4 Å². The van der Waals surface area contributed by atoms with Crippen LogP contribution in [0.25, 0.3) is 5.57 Å². The molecule has 1 aromatic heterocycles. The number of nitrogens with one attached hydrogen (secondary N) is 1. The number of benzene rings is 2. The smallest absolute Gasteiger partial charge is 0.412 e. The first-order chi connectivity index (χ1) is 22.2. The van der Waals surface area contributed by atoms with Crippen LogP contribution in [-0.4, -0.2) is 47.1 Å². The molecule has 4 bridgehead atoms. The summed E-state index contributed by atoms with van der Waals surface area (Å²) in [7, 11) is 0.500. The summed E-state index contributed by atoms with van der Waals surface area (Å²) in [6, 6.07) is 10.3. The van der Waals surface area contributed by atoms with Crippen molar-refractivity contribution >= 4 is 45.7 Å². The van der Waals surface area contributed by atoms with E-state index >= 15 is 4.39 Å². The molecule has 0 saturated heterocycles. The van der Waals surface area contributed by atoms with Crippen molar-refractivity contribution in [2.24, 2.45) is 0 Å². The Morgan fingerprint density at radius 1 is 1.13 bits per heavy atom. The molecule has 2 atom stereocenters. The maximum Gasteiger partial charge on any atom is 0.412 e. The summed E-state index contributed by atoms with van der Waals surface area (Å²) in [6.45, 7) is 1.42. The lowest BCUT2D eigenvalue weighted by Crippen LogP contribution is -2.26. The van der Waals surface area contributed by atoms with Gasteiger partial charge in [-0.25, -0.2) is 18.2 Å². The lowest BCUT2D eigenvalue weighted by Gasteiger charge is -2.32. The van der Waals surface area contributed by atoms with Crippen molar-refractivity contribution in [1.82, 2.24) is 10.3 Å². The Balaban J connectivity index is 0.00000245. The van der Waals surface area contributed by atoms with Gasteiger partial charge in [-0.05, 0) is 65.9 Å². The number of anilines is 1. The number of hydrogen-bond donors (Lipinski definition) is 2. The number of amides is 1. The van der Waals surface area contributed by atoms with Crippen molar-refractivity contribution in [2.75, 3.05) is 18.6 Å². The first-order valence-electron chi connectivity index (χ1n) is 14.1. The molecule has 47 heavy (non-hydrogen) atoms. The number of thioether (sulfide) groups is 1. The van der Waals surface area contributed by atoms with Crippen LogP contribution in [0.5, 0.6) is 0 Å². The highest BCUT2D eigenvalue weighted by atomic mass is 32.2. The molecule has 0 radical (unpaired) electrons. The largest absolute Gasteiger partial charge is 0.481 e. The number of fused-ring (bicyclic) bond motifs is 6. The van der Waals surface area contributed by atoms with Gasteiger partial charge >= 0.3 is 12.1 Å². The average Bonchev–Trinajstić information content (AvgIpc) is 3.51. The minimum atomic E-state index is -4.61. The molecular weight excluding hydrogens is 671 g/mol. The molecule has 2 N–H and O–H groups in total. The highest BCUT2D eigenvalue weighted by Crippen LogP contribution is 2.50. The Morgan fingerprint density at radius 2 is 1.83 bits per heavy atom. The summed E-state index contributed by atoms with van der Waals surface area (Å²) in [5.41, 5.74) is 0.920. The van der Waals surface area contributed by atoms with E-state index in [1.54, 1.807) is 34.5 Å². The van der Waals surface area contributed by atoms with Crippen LogP contribution < -0.4 is 10.2 Å². The van der Waals surface area contributed by atoms with Crippen molar-refractivity contribution in [1.29, 1.82) is 0 Å². The van der Waals surface area contributed by atoms with E-state index in [-0.39, 0.29) is 31.6 Å². The van der Waals surface area contributed by atoms with Gasteiger partial charge < -0.3 is 15.3 Å². The monoisotopic (exact) mass is 701 g/mol. The highest BCUT2D eigenvalue weighted by molar-refractivity contribution is 8.01. The minimum absolute atomic E-state index is 0.0310. The van der Waals surface area contributed by atoms with Gasteiger partial charge in [-0.15, -0.1) is 23.1 Å². The molecule has 2 aromatic carbocycles. The summed E-state index contributed by atoms with van der Waals surface area (Å²) in [5.74, 6) is -1.49. The van der Waals surface area contributed by atoms with Crippen LogP contribution in [-0.2, 0) is 22.9 Å². The van der Waals surface area contributed by atoms with E-state index in [1.165, 1.54) is 36.5 Å². The average molecular weight is 702 g/mol. The van der Waals surface area contributed by atoms with Crippen molar-refractivity contribution in [3.05, 3.63) is 99.1 Å². The molecule has 2 aliphatic rings. The van der Waals surface area contributed by atoms with Crippen LogP contribution >= 0.6 is 23.1 Å². The van der Waals surface area contributed by atoms with Gasteiger partial charge in [0.15, 0.2) is 10.1 Å². The first-order valence-corrected chi connectivity index (χ1v) is 15.9. The Morgan fingerprint density at radius 3 is 2.47 bits per heavy atom. The number of nitrogens with zero attached hydrogens (tertiary/aromatic N) is 2. The molecule has 6 nitrogen and oxygen atoms in total. The maximum atomic E-state index is 16.4. The molecule has 2 heterocycles. The molecule has 1 amide bonds. The molecule has 0 saturated carbocycles. The first kappa shape index (κ1) is 36.0. The number of halogens is 7. The predicted octanol–water partition coefficient (Wildman–Crippen LogP) is 8.61. The zero-order valence-electron chi connectivity index (χ0n) is 25.1. The van der Waals surface area contributed by atoms with Gasteiger partial charge in [-0.3, -0.25) is 14.0 Å².